The number of ether oxygens (including phenoxy) is 3. The number of hydrogen-bond acceptors (Lipinski definition) is 7. The normalized spacial score (nSPS) is 32.9. The van der Waals surface area contributed by atoms with Crippen LogP contribution in [-0.4, -0.2) is 41.5 Å². The molecule has 1 aliphatic carbocycles. The van der Waals surface area contributed by atoms with E-state index in [0.29, 0.717) is 6.42 Å². The molecule has 28 heavy (non-hydrogen) atoms. The van der Waals surface area contributed by atoms with Gasteiger partial charge < -0.3 is 14.2 Å². The Bertz CT molecular complexity index is 763. The Kier molecular flexibility index (Phi) is 6.27. The quantitative estimate of drug-likeness (QED) is 0.415. The van der Waals surface area contributed by atoms with Crippen LogP contribution >= 0.6 is 0 Å². The van der Waals surface area contributed by atoms with Gasteiger partial charge in [-0.1, -0.05) is 26.2 Å². The van der Waals surface area contributed by atoms with Crippen LogP contribution in [0.25, 0.3) is 0 Å². The average Bonchev–Trinajstić information content (AvgIpc) is 2.84. The maximum atomic E-state index is 12.8. The van der Waals surface area contributed by atoms with Gasteiger partial charge in [0.25, 0.3) is 0 Å². The van der Waals surface area contributed by atoms with Crippen LogP contribution in [0.1, 0.15) is 40.5 Å². The third-order valence-corrected chi connectivity index (χ3v) is 4.99. The van der Waals surface area contributed by atoms with Crippen LogP contribution in [0.4, 0.5) is 0 Å². The molecule has 1 heterocycles. The van der Waals surface area contributed by atoms with E-state index in [1.54, 1.807) is 6.08 Å². The third kappa shape index (κ3) is 4.58. The molecular weight excluding hydrogens is 364 g/mol. The van der Waals surface area contributed by atoms with Crippen molar-refractivity contribution in [3.8, 4) is 0 Å². The Labute approximate surface area is 164 Å². The predicted octanol–water partition coefficient (Wildman–Crippen LogP) is 2.45. The minimum atomic E-state index is -1.57. The van der Waals surface area contributed by atoms with Gasteiger partial charge in [-0.2, -0.15) is 0 Å². The lowest BCUT2D eigenvalue weighted by molar-refractivity contribution is -0.169. The number of hydrogen-bond donors (Lipinski definition) is 0. The lowest BCUT2D eigenvalue weighted by atomic mass is 9.79. The van der Waals surface area contributed by atoms with E-state index >= 15 is 0 Å². The van der Waals surface area contributed by atoms with Crippen LogP contribution in [-0.2, 0) is 33.4 Å². The highest BCUT2D eigenvalue weighted by Gasteiger charge is 2.50. The number of esters is 3. The number of carbonyl (C=O) groups excluding carboxylic acids is 4. The van der Waals surface area contributed by atoms with E-state index in [9.17, 15) is 19.2 Å². The van der Waals surface area contributed by atoms with Crippen LogP contribution in [0.5, 0.6) is 0 Å². The number of allylic oxidation sites excluding steroid dienone is 1. The van der Waals surface area contributed by atoms with Crippen LogP contribution in [0, 0.1) is 11.8 Å². The highest BCUT2D eigenvalue weighted by Crippen LogP contribution is 2.39. The van der Waals surface area contributed by atoms with Gasteiger partial charge in [-0.05, 0) is 32.3 Å². The first-order chi connectivity index (χ1) is 12.9. The smallest absolute Gasteiger partial charge is 0.334 e. The van der Waals surface area contributed by atoms with Gasteiger partial charge in [0.1, 0.15) is 12.2 Å². The van der Waals surface area contributed by atoms with Crippen molar-refractivity contribution in [2.45, 2.75) is 58.3 Å². The summed E-state index contributed by atoms with van der Waals surface area (Å²) in [6, 6.07) is 0. The van der Waals surface area contributed by atoms with Crippen molar-refractivity contribution in [3.63, 3.8) is 0 Å². The lowest BCUT2D eigenvalue weighted by Gasteiger charge is -2.35. The highest BCUT2D eigenvalue weighted by molar-refractivity contribution is 5.98. The topological polar surface area (TPSA) is 96.0 Å². The van der Waals surface area contributed by atoms with E-state index < -0.39 is 47.4 Å². The zero-order chi connectivity index (χ0) is 21.2. The SMILES string of the molecule is C=C(C)C(=O)OC1CC(C)(OC(C)=O)C(=O)C=CC(C)CC2OC(=O)C(=C)C12. The second-order valence-electron chi connectivity index (χ2n) is 7.68. The van der Waals surface area contributed by atoms with Crippen molar-refractivity contribution in [1.82, 2.24) is 0 Å². The first kappa shape index (κ1) is 21.6. The molecule has 0 aromatic heterocycles. The summed E-state index contributed by atoms with van der Waals surface area (Å²) in [4.78, 5) is 48.8. The molecule has 0 saturated carbocycles. The highest BCUT2D eigenvalue weighted by atomic mass is 16.6. The van der Waals surface area contributed by atoms with E-state index in [2.05, 4.69) is 13.2 Å². The summed E-state index contributed by atoms with van der Waals surface area (Å²) in [6.07, 6.45) is 1.82. The zero-order valence-electron chi connectivity index (χ0n) is 16.7. The predicted molar refractivity (Wildman–Crippen MR) is 99.9 cm³/mol. The van der Waals surface area contributed by atoms with Crippen molar-refractivity contribution in [3.05, 3.63) is 36.5 Å². The van der Waals surface area contributed by atoms with Gasteiger partial charge in [-0.25, -0.2) is 9.59 Å². The van der Waals surface area contributed by atoms with Gasteiger partial charge in [0, 0.05) is 24.5 Å². The van der Waals surface area contributed by atoms with Crippen molar-refractivity contribution in [2.24, 2.45) is 11.8 Å². The second-order valence-corrected chi connectivity index (χ2v) is 7.68. The summed E-state index contributed by atoms with van der Waals surface area (Å²) in [5, 5.41) is 0. The molecule has 5 unspecified atom stereocenters. The molecule has 0 aromatic carbocycles. The molecular formula is C21H26O7. The molecule has 1 saturated heterocycles. The second kappa shape index (κ2) is 8.12. The summed E-state index contributed by atoms with van der Waals surface area (Å²) < 4.78 is 16.4. The molecule has 0 aromatic rings. The summed E-state index contributed by atoms with van der Waals surface area (Å²) in [7, 11) is 0. The number of fused-ring (bicyclic) bond motifs is 1. The van der Waals surface area contributed by atoms with Gasteiger partial charge in [0.05, 0.1) is 5.92 Å². The Morgan fingerprint density at radius 2 is 1.93 bits per heavy atom. The van der Waals surface area contributed by atoms with Crippen molar-refractivity contribution in [2.75, 3.05) is 0 Å². The minimum absolute atomic E-state index is 0.104. The Morgan fingerprint density at radius 1 is 1.29 bits per heavy atom. The first-order valence-corrected chi connectivity index (χ1v) is 9.13. The van der Waals surface area contributed by atoms with Gasteiger partial charge in [0.15, 0.2) is 11.4 Å². The molecule has 0 amide bonds. The van der Waals surface area contributed by atoms with Crippen LogP contribution in [0.2, 0.25) is 0 Å². The maximum Gasteiger partial charge on any atom is 0.334 e. The van der Waals surface area contributed by atoms with E-state index in [0.717, 1.165) is 0 Å². The van der Waals surface area contributed by atoms with E-state index in [1.807, 2.05) is 6.92 Å². The molecule has 0 radical (unpaired) electrons. The molecule has 0 N–H and O–H groups in total. The molecule has 0 spiro atoms. The Hall–Kier alpha value is -2.70. The Balaban J connectivity index is 2.54. The van der Waals surface area contributed by atoms with Crippen LogP contribution < -0.4 is 0 Å². The molecule has 0 bridgehead atoms. The van der Waals surface area contributed by atoms with Crippen LogP contribution in [0.3, 0.4) is 0 Å². The standard InChI is InChI=1S/C21H26O7/c1-11(2)19(24)27-16-10-21(6,28-14(5)22)17(23)8-7-12(3)9-15-18(16)13(4)20(25)26-15/h7-8,12,15-16,18H,1,4,9-10H2,2-3,5-6H3. The third-order valence-electron chi connectivity index (χ3n) is 4.99. The van der Waals surface area contributed by atoms with Gasteiger partial charge >= 0.3 is 17.9 Å². The van der Waals surface area contributed by atoms with Crippen LogP contribution in [0.15, 0.2) is 36.5 Å². The maximum absolute atomic E-state index is 12.8. The van der Waals surface area contributed by atoms with E-state index in [-0.39, 0.29) is 23.5 Å². The van der Waals surface area contributed by atoms with Gasteiger partial charge in [0.2, 0.25) is 0 Å². The monoisotopic (exact) mass is 390 g/mol. The van der Waals surface area contributed by atoms with Gasteiger partial charge in [-0.3, -0.25) is 9.59 Å². The van der Waals surface area contributed by atoms with Crippen molar-refractivity contribution in [1.29, 1.82) is 0 Å². The van der Waals surface area contributed by atoms with E-state index in [4.69, 9.17) is 14.2 Å². The molecule has 7 nitrogen and oxygen atoms in total. The fourth-order valence-corrected chi connectivity index (χ4v) is 3.55. The molecule has 2 rings (SSSR count). The molecule has 152 valence electrons. The molecule has 1 aliphatic heterocycles. The molecule has 5 atom stereocenters. The largest absolute Gasteiger partial charge is 0.458 e. The summed E-state index contributed by atoms with van der Waals surface area (Å²) >= 11 is 0. The molecule has 2 aliphatic rings. The average molecular weight is 390 g/mol. The molecule has 1 fully saturated rings. The number of ketones is 1. The van der Waals surface area contributed by atoms with Gasteiger partial charge in [-0.15, -0.1) is 0 Å². The minimum Gasteiger partial charge on any atom is -0.458 e. The van der Waals surface area contributed by atoms with Crippen molar-refractivity contribution < 1.29 is 33.4 Å². The number of rotatable bonds is 3. The summed E-state index contributed by atoms with van der Waals surface area (Å²) in [5.74, 6) is -3.08. The fraction of sp³-hybridized carbons (Fsp3) is 0.524. The fourth-order valence-electron chi connectivity index (χ4n) is 3.55. The van der Waals surface area contributed by atoms with E-state index in [1.165, 1.54) is 26.8 Å². The first-order valence-electron chi connectivity index (χ1n) is 9.13. The number of carbonyl (C=O) groups is 4. The lowest BCUT2D eigenvalue weighted by Crippen LogP contribution is -2.47. The Morgan fingerprint density at radius 3 is 2.50 bits per heavy atom. The van der Waals surface area contributed by atoms with Crippen molar-refractivity contribution >= 4 is 23.7 Å². The summed E-state index contributed by atoms with van der Waals surface area (Å²) in [5.41, 5.74) is -1.24. The molecule has 7 heteroatoms. The summed E-state index contributed by atoms with van der Waals surface area (Å²) in [6.45, 7) is 13.4. The zero-order valence-corrected chi connectivity index (χ0v) is 16.7.